The summed E-state index contributed by atoms with van der Waals surface area (Å²) < 4.78 is 13.2. The number of carbonyl (C=O) groups is 1. The highest BCUT2D eigenvalue weighted by atomic mass is 19.1. The van der Waals surface area contributed by atoms with Crippen molar-refractivity contribution in [1.29, 1.82) is 0 Å². The van der Waals surface area contributed by atoms with E-state index in [0.717, 1.165) is 22.4 Å². The van der Waals surface area contributed by atoms with Gasteiger partial charge >= 0.3 is 0 Å². The number of carbonyl (C=O) groups excluding carboxylic acids is 1. The first-order chi connectivity index (χ1) is 15.1. The van der Waals surface area contributed by atoms with Crippen molar-refractivity contribution in [2.75, 3.05) is 5.32 Å². The Morgan fingerprint density at radius 3 is 2.55 bits per heavy atom. The molecule has 0 aliphatic carbocycles. The van der Waals surface area contributed by atoms with E-state index >= 15 is 0 Å². The maximum atomic E-state index is 13.2. The maximum Gasteiger partial charge on any atom is 0.251 e. The molecule has 0 fully saturated rings. The van der Waals surface area contributed by atoms with Gasteiger partial charge in [0.05, 0.1) is 5.69 Å². The number of aryl methyl sites for hydroxylation is 1. The fourth-order valence-electron chi connectivity index (χ4n) is 3.18. The molecule has 5 nitrogen and oxygen atoms in total. The molecule has 31 heavy (non-hydrogen) atoms. The van der Waals surface area contributed by atoms with Crippen molar-refractivity contribution in [3.8, 4) is 11.3 Å². The van der Waals surface area contributed by atoms with Crippen LogP contribution in [0.15, 0.2) is 85.2 Å². The van der Waals surface area contributed by atoms with E-state index in [1.54, 1.807) is 30.3 Å². The Morgan fingerprint density at radius 1 is 0.935 bits per heavy atom. The Labute approximate surface area is 180 Å². The fraction of sp³-hybridized carbons (Fsp3) is 0.0800. The maximum absolute atomic E-state index is 13.2. The van der Waals surface area contributed by atoms with E-state index in [2.05, 4.69) is 20.6 Å². The normalized spacial score (nSPS) is 10.5. The third-order valence-corrected chi connectivity index (χ3v) is 4.90. The quantitative estimate of drug-likeness (QED) is 0.453. The van der Waals surface area contributed by atoms with E-state index in [9.17, 15) is 9.18 Å². The first-order valence-electron chi connectivity index (χ1n) is 9.86. The Kier molecular flexibility index (Phi) is 5.98. The minimum atomic E-state index is -0.298. The highest BCUT2D eigenvalue weighted by Gasteiger charge is 2.08. The summed E-state index contributed by atoms with van der Waals surface area (Å²) >= 11 is 0. The fourth-order valence-corrected chi connectivity index (χ4v) is 3.18. The van der Waals surface area contributed by atoms with E-state index in [-0.39, 0.29) is 11.7 Å². The van der Waals surface area contributed by atoms with Gasteiger partial charge in [0.2, 0.25) is 0 Å². The predicted octanol–water partition coefficient (Wildman–Crippen LogP) is 5.26. The second-order valence-corrected chi connectivity index (χ2v) is 7.11. The van der Waals surface area contributed by atoms with Gasteiger partial charge in [0.25, 0.3) is 5.91 Å². The Balaban J connectivity index is 1.46. The zero-order chi connectivity index (χ0) is 21.6. The molecule has 0 aliphatic heterocycles. The second kappa shape index (κ2) is 9.17. The van der Waals surface area contributed by atoms with Crippen molar-refractivity contribution in [3.05, 3.63) is 108 Å². The van der Waals surface area contributed by atoms with Crippen molar-refractivity contribution < 1.29 is 9.18 Å². The average Bonchev–Trinajstić information content (AvgIpc) is 2.79. The van der Waals surface area contributed by atoms with Crippen LogP contribution in [-0.2, 0) is 6.54 Å². The summed E-state index contributed by atoms with van der Waals surface area (Å²) in [4.78, 5) is 21.1. The lowest BCUT2D eigenvalue weighted by Crippen LogP contribution is -2.23. The molecule has 0 bridgehead atoms. The molecule has 0 spiro atoms. The lowest BCUT2D eigenvalue weighted by Gasteiger charge is -2.10. The Morgan fingerprint density at radius 2 is 1.74 bits per heavy atom. The van der Waals surface area contributed by atoms with Crippen molar-refractivity contribution >= 4 is 17.4 Å². The average molecular weight is 412 g/mol. The van der Waals surface area contributed by atoms with Crippen molar-refractivity contribution in [2.24, 2.45) is 0 Å². The standard InChI is InChI=1S/C25H21FN4O/c1-17-5-2-3-6-20(17)15-27-25(31)19-7-4-8-22(13-19)30-24-14-23(28-16-29-24)18-9-11-21(26)12-10-18/h2-14,16H,15H2,1H3,(H,27,31)(H,28,29,30). The summed E-state index contributed by atoms with van der Waals surface area (Å²) in [5.74, 6) is 0.127. The molecule has 0 saturated heterocycles. The summed E-state index contributed by atoms with van der Waals surface area (Å²) in [7, 11) is 0. The molecule has 154 valence electrons. The molecule has 0 aliphatic rings. The molecular formula is C25H21FN4O. The van der Waals surface area contributed by atoms with Crippen molar-refractivity contribution in [3.63, 3.8) is 0 Å². The molecule has 0 unspecified atom stereocenters. The molecule has 0 atom stereocenters. The van der Waals surface area contributed by atoms with Crippen LogP contribution in [-0.4, -0.2) is 15.9 Å². The van der Waals surface area contributed by atoms with Gasteiger partial charge in [-0.3, -0.25) is 4.79 Å². The molecule has 2 N–H and O–H groups in total. The smallest absolute Gasteiger partial charge is 0.251 e. The van der Waals surface area contributed by atoms with E-state index in [1.165, 1.54) is 18.5 Å². The number of benzene rings is 3. The van der Waals surface area contributed by atoms with Crippen molar-refractivity contribution in [1.82, 2.24) is 15.3 Å². The summed E-state index contributed by atoms with van der Waals surface area (Å²) in [6.07, 6.45) is 1.44. The number of anilines is 2. The van der Waals surface area contributed by atoms with Gasteiger partial charge in [-0.05, 0) is 60.5 Å². The first kappa shape index (κ1) is 20.2. The number of hydrogen-bond donors (Lipinski definition) is 2. The Hall–Kier alpha value is -4.06. The van der Waals surface area contributed by atoms with Gasteiger partial charge in [0, 0.05) is 29.4 Å². The number of hydrogen-bond acceptors (Lipinski definition) is 4. The number of aromatic nitrogens is 2. The van der Waals surface area contributed by atoms with Crippen molar-refractivity contribution in [2.45, 2.75) is 13.5 Å². The molecule has 1 aromatic heterocycles. The first-order valence-corrected chi connectivity index (χ1v) is 9.86. The molecule has 1 amide bonds. The molecule has 0 saturated carbocycles. The van der Waals surface area contributed by atoms with E-state index < -0.39 is 0 Å². The zero-order valence-electron chi connectivity index (χ0n) is 17.0. The number of amides is 1. The predicted molar refractivity (Wildman–Crippen MR) is 119 cm³/mol. The van der Waals surface area contributed by atoms with Gasteiger partial charge in [0.1, 0.15) is 18.0 Å². The zero-order valence-corrected chi connectivity index (χ0v) is 17.0. The van der Waals surface area contributed by atoms with Crippen LogP contribution in [0.3, 0.4) is 0 Å². The SMILES string of the molecule is Cc1ccccc1CNC(=O)c1cccc(Nc2cc(-c3ccc(F)cc3)ncn2)c1. The number of nitrogens with one attached hydrogen (secondary N) is 2. The summed E-state index contributed by atoms with van der Waals surface area (Å²) in [6, 6.07) is 23.1. The van der Waals surface area contributed by atoms with Crippen LogP contribution in [0.2, 0.25) is 0 Å². The lowest BCUT2D eigenvalue weighted by molar-refractivity contribution is 0.0951. The van der Waals surface area contributed by atoms with Crippen LogP contribution in [0.1, 0.15) is 21.5 Å². The minimum Gasteiger partial charge on any atom is -0.348 e. The summed E-state index contributed by atoms with van der Waals surface area (Å²) in [6.45, 7) is 2.49. The van der Waals surface area contributed by atoms with Gasteiger partial charge in [-0.2, -0.15) is 0 Å². The number of halogens is 1. The topological polar surface area (TPSA) is 66.9 Å². The van der Waals surface area contributed by atoms with Crippen LogP contribution in [0.25, 0.3) is 11.3 Å². The van der Waals surface area contributed by atoms with Crippen LogP contribution in [0, 0.1) is 12.7 Å². The third kappa shape index (κ3) is 5.11. The van der Waals surface area contributed by atoms with Gasteiger partial charge in [-0.25, -0.2) is 14.4 Å². The largest absolute Gasteiger partial charge is 0.348 e. The highest BCUT2D eigenvalue weighted by molar-refractivity contribution is 5.95. The molecule has 0 radical (unpaired) electrons. The highest BCUT2D eigenvalue weighted by Crippen LogP contribution is 2.22. The molecule has 6 heteroatoms. The molecule has 1 heterocycles. The van der Waals surface area contributed by atoms with Gasteiger partial charge in [-0.1, -0.05) is 30.3 Å². The van der Waals surface area contributed by atoms with Crippen LogP contribution in [0.5, 0.6) is 0 Å². The molecule has 3 aromatic carbocycles. The molecular weight excluding hydrogens is 391 g/mol. The molecule has 4 rings (SSSR count). The number of nitrogens with zero attached hydrogens (tertiary/aromatic N) is 2. The van der Waals surface area contributed by atoms with Gasteiger partial charge < -0.3 is 10.6 Å². The van der Waals surface area contributed by atoms with Crippen LogP contribution >= 0.6 is 0 Å². The van der Waals surface area contributed by atoms with E-state index in [0.29, 0.717) is 23.6 Å². The van der Waals surface area contributed by atoms with Gasteiger partial charge in [0.15, 0.2) is 0 Å². The number of rotatable bonds is 6. The second-order valence-electron chi connectivity index (χ2n) is 7.11. The minimum absolute atomic E-state index is 0.151. The molecule has 4 aromatic rings. The van der Waals surface area contributed by atoms with Crippen LogP contribution in [0.4, 0.5) is 15.9 Å². The lowest BCUT2D eigenvalue weighted by atomic mass is 10.1. The monoisotopic (exact) mass is 412 g/mol. The third-order valence-electron chi connectivity index (χ3n) is 4.90. The van der Waals surface area contributed by atoms with E-state index in [4.69, 9.17) is 0 Å². The Bertz CT molecular complexity index is 1210. The van der Waals surface area contributed by atoms with E-state index in [1.807, 2.05) is 43.3 Å². The van der Waals surface area contributed by atoms with Gasteiger partial charge in [-0.15, -0.1) is 0 Å². The summed E-state index contributed by atoms with van der Waals surface area (Å²) in [5, 5.41) is 6.16. The summed E-state index contributed by atoms with van der Waals surface area (Å²) in [5.41, 5.74) is 4.96. The van der Waals surface area contributed by atoms with Crippen LogP contribution < -0.4 is 10.6 Å².